The fourth-order valence-electron chi connectivity index (χ4n) is 1.23. The maximum Gasteiger partial charge on any atom is 0.129 e. The van der Waals surface area contributed by atoms with Gasteiger partial charge in [0.05, 0.1) is 0 Å². The second kappa shape index (κ2) is 6.45. The predicted octanol–water partition coefficient (Wildman–Crippen LogP) is 1.48. The first-order valence-electron chi connectivity index (χ1n) is 5.41. The first-order valence-corrected chi connectivity index (χ1v) is 5.41. The molecule has 2 N–H and O–H groups in total. The van der Waals surface area contributed by atoms with Crippen molar-refractivity contribution in [2.24, 2.45) is 0 Å². The Morgan fingerprint density at radius 1 is 1.50 bits per heavy atom. The minimum absolute atomic E-state index is 0.162. The van der Waals surface area contributed by atoms with Gasteiger partial charge in [-0.15, -0.1) is 0 Å². The summed E-state index contributed by atoms with van der Waals surface area (Å²) in [5, 5.41) is 12.5. The lowest BCUT2D eigenvalue weighted by Crippen LogP contribution is -2.31. The van der Waals surface area contributed by atoms with Crippen molar-refractivity contribution < 1.29 is 14.2 Å². The summed E-state index contributed by atoms with van der Waals surface area (Å²) < 4.78 is 18.4. The van der Waals surface area contributed by atoms with Crippen LogP contribution in [0.3, 0.4) is 0 Å². The molecule has 90 valence electrons. The van der Waals surface area contributed by atoms with Crippen LogP contribution in [0.2, 0.25) is 0 Å². The van der Waals surface area contributed by atoms with E-state index in [1.807, 2.05) is 6.92 Å². The Morgan fingerprint density at radius 3 is 2.88 bits per heavy atom. The number of aliphatic hydroxyl groups is 1. The fraction of sp³-hybridized carbons (Fsp3) is 0.500. The minimum atomic E-state index is -0.579. The normalized spacial score (nSPS) is 12.5. The highest BCUT2D eigenvalue weighted by atomic mass is 19.1. The van der Waals surface area contributed by atoms with E-state index in [1.165, 1.54) is 6.07 Å². The van der Waals surface area contributed by atoms with E-state index in [9.17, 15) is 9.50 Å². The van der Waals surface area contributed by atoms with Crippen LogP contribution in [-0.4, -0.2) is 30.9 Å². The zero-order chi connectivity index (χ0) is 12.0. The maximum atomic E-state index is 13.2. The van der Waals surface area contributed by atoms with Gasteiger partial charge in [0, 0.05) is 12.6 Å². The van der Waals surface area contributed by atoms with Crippen molar-refractivity contribution in [3.8, 4) is 5.75 Å². The average Bonchev–Trinajstić information content (AvgIpc) is 2.28. The van der Waals surface area contributed by atoms with Crippen LogP contribution in [0.1, 0.15) is 12.5 Å². The van der Waals surface area contributed by atoms with E-state index in [1.54, 1.807) is 19.1 Å². The van der Waals surface area contributed by atoms with Crippen LogP contribution in [0.15, 0.2) is 18.2 Å². The number of benzene rings is 1. The zero-order valence-corrected chi connectivity index (χ0v) is 9.66. The maximum absolute atomic E-state index is 13.2. The summed E-state index contributed by atoms with van der Waals surface area (Å²) in [5.74, 6) is 0.150. The summed E-state index contributed by atoms with van der Waals surface area (Å²) in [5.41, 5.74) is 0.584. The molecule has 0 spiro atoms. The molecular formula is C12H18FNO2. The summed E-state index contributed by atoms with van der Waals surface area (Å²) in [6, 6.07) is 4.68. The number of aliphatic hydroxyl groups excluding tert-OH is 1. The number of nitrogens with one attached hydrogen (secondary N) is 1. The van der Waals surface area contributed by atoms with Gasteiger partial charge in [-0.1, -0.05) is 13.0 Å². The molecule has 0 aliphatic carbocycles. The van der Waals surface area contributed by atoms with E-state index in [4.69, 9.17) is 4.74 Å². The van der Waals surface area contributed by atoms with Crippen LogP contribution >= 0.6 is 0 Å². The molecule has 0 saturated carbocycles. The van der Waals surface area contributed by atoms with E-state index in [2.05, 4.69) is 5.32 Å². The molecule has 0 saturated heterocycles. The highest BCUT2D eigenvalue weighted by Gasteiger charge is 2.05. The monoisotopic (exact) mass is 227 g/mol. The third kappa shape index (κ3) is 4.16. The highest BCUT2D eigenvalue weighted by molar-refractivity contribution is 5.27. The Morgan fingerprint density at radius 2 is 2.25 bits per heavy atom. The zero-order valence-electron chi connectivity index (χ0n) is 9.66. The first-order chi connectivity index (χ1) is 7.63. The van der Waals surface area contributed by atoms with Crippen LogP contribution in [0.25, 0.3) is 0 Å². The molecule has 1 aromatic rings. The predicted molar refractivity (Wildman–Crippen MR) is 61.2 cm³/mol. The second-order valence-corrected chi connectivity index (χ2v) is 3.68. The van der Waals surface area contributed by atoms with Gasteiger partial charge in [0.25, 0.3) is 0 Å². The molecule has 0 aliphatic rings. The van der Waals surface area contributed by atoms with Crippen molar-refractivity contribution in [1.29, 1.82) is 0 Å². The molecular weight excluding hydrogens is 209 g/mol. The Labute approximate surface area is 95.2 Å². The topological polar surface area (TPSA) is 41.5 Å². The minimum Gasteiger partial charge on any atom is -0.491 e. The van der Waals surface area contributed by atoms with Gasteiger partial charge >= 0.3 is 0 Å². The standard InChI is InChI=1S/C12H18FNO2/c1-3-14-7-10(15)8-16-11-5-4-9(2)12(13)6-11/h4-6,10,14-15H,3,7-8H2,1-2H3. The van der Waals surface area contributed by atoms with Crippen molar-refractivity contribution >= 4 is 0 Å². The highest BCUT2D eigenvalue weighted by Crippen LogP contribution is 2.15. The number of halogens is 1. The van der Waals surface area contributed by atoms with Gasteiger partial charge in [0.2, 0.25) is 0 Å². The van der Waals surface area contributed by atoms with Crippen molar-refractivity contribution in [2.75, 3.05) is 19.7 Å². The lowest BCUT2D eigenvalue weighted by atomic mass is 10.2. The molecule has 0 aromatic heterocycles. The Bertz CT molecular complexity index is 331. The summed E-state index contributed by atoms with van der Waals surface area (Å²) in [6.07, 6.45) is -0.579. The van der Waals surface area contributed by atoms with E-state index < -0.39 is 6.10 Å². The molecule has 0 bridgehead atoms. The second-order valence-electron chi connectivity index (χ2n) is 3.68. The summed E-state index contributed by atoms with van der Waals surface area (Å²) in [6.45, 7) is 5.10. The largest absolute Gasteiger partial charge is 0.491 e. The molecule has 0 heterocycles. The van der Waals surface area contributed by atoms with E-state index >= 15 is 0 Å². The quantitative estimate of drug-likeness (QED) is 0.773. The molecule has 1 rings (SSSR count). The number of ether oxygens (including phenoxy) is 1. The van der Waals surface area contributed by atoms with E-state index in [-0.39, 0.29) is 12.4 Å². The van der Waals surface area contributed by atoms with Crippen LogP contribution < -0.4 is 10.1 Å². The molecule has 0 fully saturated rings. The molecule has 16 heavy (non-hydrogen) atoms. The SMILES string of the molecule is CCNCC(O)COc1ccc(C)c(F)c1. The van der Waals surface area contributed by atoms with Gasteiger partial charge in [-0.05, 0) is 25.1 Å². The molecule has 0 aliphatic heterocycles. The van der Waals surface area contributed by atoms with Gasteiger partial charge in [-0.3, -0.25) is 0 Å². The van der Waals surface area contributed by atoms with Crippen LogP contribution in [0.5, 0.6) is 5.75 Å². The molecule has 0 radical (unpaired) electrons. The van der Waals surface area contributed by atoms with Crippen molar-refractivity contribution in [3.63, 3.8) is 0 Å². The molecule has 1 unspecified atom stereocenters. The molecule has 0 amide bonds. The van der Waals surface area contributed by atoms with Gasteiger partial charge in [0.15, 0.2) is 0 Å². The van der Waals surface area contributed by atoms with Gasteiger partial charge in [-0.2, -0.15) is 0 Å². The summed E-state index contributed by atoms with van der Waals surface area (Å²) >= 11 is 0. The smallest absolute Gasteiger partial charge is 0.129 e. The number of hydrogen-bond acceptors (Lipinski definition) is 3. The number of rotatable bonds is 6. The first kappa shape index (κ1) is 12.9. The molecule has 1 aromatic carbocycles. The Kier molecular flexibility index (Phi) is 5.22. The van der Waals surface area contributed by atoms with Crippen LogP contribution in [0.4, 0.5) is 4.39 Å². The Hall–Kier alpha value is -1.13. The van der Waals surface area contributed by atoms with Crippen LogP contribution in [-0.2, 0) is 0 Å². The van der Waals surface area contributed by atoms with Crippen molar-refractivity contribution in [1.82, 2.24) is 5.32 Å². The van der Waals surface area contributed by atoms with Gasteiger partial charge < -0.3 is 15.2 Å². The third-order valence-corrected chi connectivity index (χ3v) is 2.22. The van der Waals surface area contributed by atoms with Crippen LogP contribution in [0, 0.1) is 12.7 Å². The van der Waals surface area contributed by atoms with E-state index in [0.29, 0.717) is 17.9 Å². The summed E-state index contributed by atoms with van der Waals surface area (Å²) in [4.78, 5) is 0. The number of hydrogen-bond donors (Lipinski definition) is 2. The van der Waals surface area contributed by atoms with Gasteiger partial charge in [-0.25, -0.2) is 4.39 Å². The van der Waals surface area contributed by atoms with E-state index in [0.717, 1.165) is 6.54 Å². The number of aryl methyl sites for hydroxylation is 1. The Balaban J connectivity index is 2.39. The lowest BCUT2D eigenvalue weighted by Gasteiger charge is -2.12. The third-order valence-electron chi connectivity index (χ3n) is 2.22. The van der Waals surface area contributed by atoms with Crippen molar-refractivity contribution in [3.05, 3.63) is 29.6 Å². The fourth-order valence-corrected chi connectivity index (χ4v) is 1.23. The van der Waals surface area contributed by atoms with Gasteiger partial charge in [0.1, 0.15) is 24.3 Å². The lowest BCUT2D eigenvalue weighted by molar-refractivity contribution is 0.107. The molecule has 1 atom stereocenters. The molecule has 4 heteroatoms. The average molecular weight is 227 g/mol. The number of likely N-dealkylation sites (N-methyl/N-ethyl adjacent to an activating group) is 1. The van der Waals surface area contributed by atoms with Crippen molar-refractivity contribution in [2.45, 2.75) is 20.0 Å². The molecule has 3 nitrogen and oxygen atoms in total. The summed E-state index contributed by atoms with van der Waals surface area (Å²) in [7, 11) is 0.